The number of amides is 1. The molecule has 0 aromatic carbocycles. The Kier molecular flexibility index (Phi) is 7.05. The van der Waals surface area contributed by atoms with E-state index in [0.29, 0.717) is 67.6 Å². The molecule has 3 aromatic heterocycles. The maximum atomic E-state index is 13.2. The van der Waals surface area contributed by atoms with Gasteiger partial charge in [0.25, 0.3) is 0 Å². The smallest absolute Gasteiger partial charge is 0.341 e. The van der Waals surface area contributed by atoms with Crippen LogP contribution < -0.4 is 25.9 Å². The van der Waals surface area contributed by atoms with Crippen molar-refractivity contribution in [2.45, 2.75) is 13.1 Å². The van der Waals surface area contributed by atoms with Crippen LogP contribution in [0.2, 0.25) is 0 Å². The number of aromatic carboxylic acids is 1. The number of carboxylic acids is 1. The quantitative estimate of drug-likeness (QED) is 0.357. The molecule has 41 heavy (non-hydrogen) atoms. The molecule has 3 N–H and O–H groups in total. The maximum Gasteiger partial charge on any atom is 0.341 e. The number of dihydropyridines is 1. The zero-order valence-electron chi connectivity index (χ0n) is 22.4. The number of aromatic nitrogens is 4. The molecule has 0 radical (unpaired) electrons. The van der Waals surface area contributed by atoms with Gasteiger partial charge in [-0.15, -0.1) is 0 Å². The average molecular weight is 581 g/mol. The Bertz CT molecular complexity index is 1640. The third-order valence-corrected chi connectivity index (χ3v) is 7.95. The van der Waals surface area contributed by atoms with E-state index in [2.05, 4.69) is 20.0 Å². The third-order valence-electron chi connectivity index (χ3n) is 7.24. The van der Waals surface area contributed by atoms with E-state index >= 15 is 0 Å². The van der Waals surface area contributed by atoms with Crippen molar-refractivity contribution < 1.29 is 24.2 Å². The predicted molar refractivity (Wildman–Crippen MR) is 151 cm³/mol. The Morgan fingerprint density at radius 1 is 1.22 bits per heavy atom. The summed E-state index contributed by atoms with van der Waals surface area (Å²) in [6, 6.07) is 1.75. The average Bonchev–Trinajstić information content (AvgIpc) is 3.43. The van der Waals surface area contributed by atoms with Gasteiger partial charge in [-0.05, 0) is 30.7 Å². The molecular formula is C26H28N8O6S. The van der Waals surface area contributed by atoms with Crippen molar-refractivity contribution in [2.24, 2.45) is 5.92 Å². The molecule has 15 heteroatoms. The van der Waals surface area contributed by atoms with Gasteiger partial charge in [-0.3, -0.25) is 14.2 Å². The molecule has 3 aliphatic rings. The highest BCUT2D eigenvalue weighted by atomic mass is 32.1. The lowest BCUT2D eigenvalue weighted by Gasteiger charge is -2.40. The van der Waals surface area contributed by atoms with Crippen LogP contribution in [-0.2, 0) is 14.3 Å². The number of pyridine rings is 2. The molecule has 0 spiro atoms. The van der Waals surface area contributed by atoms with Crippen molar-refractivity contribution in [1.29, 1.82) is 0 Å². The van der Waals surface area contributed by atoms with E-state index in [1.165, 1.54) is 10.8 Å². The lowest BCUT2D eigenvalue weighted by molar-refractivity contribution is -0.126. The van der Waals surface area contributed by atoms with Crippen molar-refractivity contribution >= 4 is 46.2 Å². The fraction of sp³-hybridized carbons (Fsp3) is 0.385. The first kappa shape index (κ1) is 26.7. The van der Waals surface area contributed by atoms with Crippen LogP contribution in [0.4, 0.5) is 11.8 Å². The van der Waals surface area contributed by atoms with Crippen molar-refractivity contribution in [2.75, 3.05) is 56.3 Å². The Morgan fingerprint density at radius 2 is 2.00 bits per heavy atom. The fourth-order valence-corrected chi connectivity index (χ4v) is 5.59. The monoisotopic (exact) mass is 580 g/mol. The van der Waals surface area contributed by atoms with Crippen LogP contribution in [0.25, 0.3) is 16.2 Å². The summed E-state index contributed by atoms with van der Waals surface area (Å²) in [4.78, 5) is 51.3. The number of ether oxygens (including phenoxy) is 2. The number of hydrogen-bond donors (Lipinski definition) is 3. The van der Waals surface area contributed by atoms with Gasteiger partial charge in [0.1, 0.15) is 23.3 Å². The molecule has 1 amide bonds. The summed E-state index contributed by atoms with van der Waals surface area (Å²) in [5, 5.41) is 16.4. The molecule has 3 aliphatic heterocycles. The van der Waals surface area contributed by atoms with Gasteiger partial charge in [0.15, 0.2) is 5.65 Å². The van der Waals surface area contributed by atoms with Gasteiger partial charge in [0.2, 0.25) is 22.4 Å². The number of rotatable bonds is 7. The highest BCUT2D eigenvalue weighted by Crippen LogP contribution is 2.29. The van der Waals surface area contributed by atoms with Crippen molar-refractivity contribution in [3.63, 3.8) is 0 Å². The number of aryl methyl sites for hydroxylation is 1. The Hall–Kier alpha value is -4.50. The highest BCUT2D eigenvalue weighted by Gasteiger charge is 2.35. The summed E-state index contributed by atoms with van der Waals surface area (Å²) < 4.78 is 16.5. The third kappa shape index (κ3) is 5.09. The lowest BCUT2D eigenvalue weighted by Crippen LogP contribution is -2.56. The van der Waals surface area contributed by atoms with Crippen molar-refractivity contribution in [3.05, 3.63) is 57.7 Å². The second-order valence-electron chi connectivity index (χ2n) is 9.88. The number of carbonyl (C=O) groups excluding carboxylic acids is 1. The van der Waals surface area contributed by atoms with E-state index in [1.54, 1.807) is 32.4 Å². The van der Waals surface area contributed by atoms with E-state index in [9.17, 15) is 19.5 Å². The van der Waals surface area contributed by atoms with E-state index in [-0.39, 0.29) is 34.6 Å². The molecule has 0 saturated carbocycles. The highest BCUT2D eigenvalue weighted by molar-refractivity contribution is 7.08. The summed E-state index contributed by atoms with van der Waals surface area (Å²) in [7, 11) is 1.57. The number of carbonyl (C=O) groups is 2. The molecule has 2 saturated heterocycles. The first-order valence-electron chi connectivity index (χ1n) is 13.0. The number of nitrogens with one attached hydrogen (secondary N) is 2. The first-order valence-corrected chi connectivity index (χ1v) is 13.8. The number of hydrogen-bond acceptors (Lipinski definition) is 12. The standard InChI is InChI=1S/C26H28N8O6S/c1-14-9-19(33-11-15(12-33)23(36)28-18-4-3-16(39-2)10-27-18)29-22-20(14)21(35)17(24(37)38)13-34(22)26-30-25(31-41-26)32-5-7-40-8-6-32/h3-4,9-10,13,15,18,27H,5-8,11-12H2,1-2H3,(H,28,36)(H,37,38). The van der Waals surface area contributed by atoms with Crippen molar-refractivity contribution in [3.8, 4) is 5.13 Å². The Morgan fingerprint density at radius 3 is 2.68 bits per heavy atom. The molecule has 214 valence electrons. The minimum Gasteiger partial charge on any atom is -0.495 e. The number of carboxylic acid groups (broad SMARTS) is 1. The number of anilines is 2. The van der Waals surface area contributed by atoms with Crippen LogP contribution in [-0.4, -0.2) is 88.6 Å². The van der Waals surface area contributed by atoms with Gasteiger partial charge >= 0.3 is 5.97 Å². The van der Waals surface area contributed by atoms with Gasteiger partial charge in [-0.25, -0.2) is 9.78 Å². The summed E-state index contributed by atoms with van der Waals surface area (Å²) in [6.07, 6.45) is 6.21. The SMILES string of the molecule is COC1=CNC(NC(=O)C2CN(c3cc(C)c4c(=O)c(C(=O)O)cn(-c5nc(N6CCOCC6)ns5)c4n3)C2)C=C1. The second-order valence-corrected chi connectivity index (χ2v) is 10.6. The Labute approximate surface area is 238 Å². The predicted octanol–water partition coefficient (Wildman–Crippen LogP) is 0.606. The molecule has 3 aromatic rings. The van der Waals surface area contributed by atoms with Gasteiger partial charge < -0.3 is 35.0 Å². The number of nitrogens with zero attached hydrogens (tertiary/aromatic N) is 6. The number of methoxy groups -OCH3 is 1. The van der Waals surface area contributed by atoms with E-state index in [0.717, 1.165) is 11.5 Å². The summed E-state index contributed by atoms with van der Waals surface area (Å²) in [6.45, 7) is 5.05. The van der Waals surface area contributed by atoms with Crippen LogP contribution in [0.3, 0.4) is 0 Å². The number of fused-ring (bicyclic) bond motifs is 1. The van der Waals surface area contributed by atoms with Crippen molar-refractivity contribution in [1.82, 2.24) is 29.5 Å². The van der Waals surface area contributed by atoms with Crippen LogP contribution in [0.5, 0.6) is 0 Å². The lowest BCUT2D eigenvalue weighted by atomic mass is 9.98. The summed E-state index contributed by atoms with van der Waals surface area (Å²) >= 11 is 1.09. The number of morpholine rings is 1. The van der Waals surface area contributed by atoms with E-state index < -0.39 is 11.4 Å². The maximum absolute atomic E-state index is 13.2. The van der Waals surface area contributed by atoms with Gasteiger partial charge in [0.05, 0.1) is 31.6 Å². The van der Waals surface area contributed by atoms with Gasteiger partial charge in [0, 0.05) is 50.1 Å². The van der Waals surface area contributed by atoms with Crippen LogP contribution in [0.15, 0.2) is 41.2 Å². The minimum atomic E-state index is -1.33. The van der Waals surface area contributed by atoms with Crippen LogP contribution in [0, 0.1) is 12.8 Å². The molecule has 14 nitrogen and oxygen atoms in total. The second kappa shape index (κ2) is 10.8. The Balaban J connectivity index is 1.27. The zero-order valence-corrected chi connectivity index (χ0v) is 23.2. The molecule has 6 heterocycles. The molecule has 1 atom stereocenters. The first-order chi connectivity index (χ1) is 19.8. The van der Waals surface area contributed by atoms with E-state index in [1.807, 2.05) is 15.9 Å². The summed E-state index contributed by atoms with van der Waals surface area (Å²) in [5.74, 6) is 0.0892. The minimum absolute atomic E-state index is 0.0947. The molecule has 0 bridgehead atoms. The van der Waals surface area contributed by atoms with Gasteiger partial charge in [-0.1, -0.05) is 0 Å². The summed E-state index contributed by atoms with van der Waals surface area (Å²) in [5.41, 5.74) is -0.130. The van der Waals surface area contributed by atoms with Crippen LogP contribution in [0.1, 0.15) is 15.9 Å². The molecule has 6 rings (SSSR count). The number of allylic oxidation sites excluding steroid dienone is 1. The normalized spacial score (nSPS) is 19.0. The van der Waals surface area contributed by atoms with Gasteiger partial charge in [-0.2, -0.15) is 9.36 Å². The van der Waals surface area contributed by atoms with Crippen LogP contribution >= 0.6 is 11.5 Å². The fourth-order valence-electron chi connectivity index (χ4n) is 4.92. The van der Waals surface area contributed by atoms with E-state index in [4.69, 9.17) is 14.5 Å². The molecule has 1 unspecified atom stereocenters. The molecule has 0 aliphatic carbocycles. The zero-order chi connectivity index (χ0) is 28.7. The largest absolute Gasteiger partial charge is 0.495 e. The molecular weight excluding hydrogens is 552 g/mol. The molecule has 2 fully saturated rings. The topological polar surface area (TPSA) is 164 Å².